The summed E-state index contributed by atoms with van der Waals surface area (Å²) in [5.74, 6) is -0.358. The van der Waals surface area contributed by atoms with Crippen LogP contribution in [0.2, 0.25) is 0 Å². The third-order valence-corrected chi connectivity index (χ3v) is 4.93. The van der Waals surface area contributed by atoms with Crippen LogP contribution < -0.4 is 0 Å². The van der Waals surface area contributed by atoms with E-state index in [4.69, 9.17) is 0 Å². The molecule has 0 spiro atoms. The zero-order valence-electron chi connectivity index (χ0n) is 16.6. The van der Waals surface area contributed by atoms with Crippen molar-refractivity contribution in [1.29, 1.82) is 0 Å². The predicted octanol–water partition coefficient (Wildman–Crippen LogP) is 4.18. The van der Waals surface area contributed by atoms with Crippen molar-refractivity contribution in [3.05, 3.63) is 76.6 Å². The summed E-state index contributed by atoms with van der Waals surface area (Å²) in [5, 5.41) is 27.1. The standard InChI is InChI=1S/C22H19FN4O3/c1-11(2)18-19(13-4-6-14(7-5-13)22(29)30)21-26-25-12(3)27(21)20(18)24-15-8-9-17(28)16(23)10-15/h4-11,28H,1-3H3,(H,29,30). The van der Waals surface area contributed by atoms with Gasteiger partial charge < -0.3 is 10.2 Å². The number of halogens is 1. The molecule has 0 bridgehead atoms. The monoisotopic (exact) mass is 406 g/mol. The first-order chi connectivity index (χ1) is 14.3. The Bertz CT molecular complexity index is 1220. The maximum Gasteiger partial charge on any atom is 0.335 e. The number of aryl methyl sites for hydroxylation is 1. The summed E-state index contributed by atoms with van der Waals surface area (Å²) in [7, 11) is 0. The molecule has 0 atom stereocenters. The summed E-state index contributed by atoms with van der Waals surface area (Å²) < 4.78 is 15.7. The Balaban J connectivity index is 1.95. The van der Waals surface area contributed by atoms with Crippen molar-refractivity contribution >= 4 is 23.1 Å². The number of phenolic OH excluding ortho intramolecular Hbond substituents is 1. The number of carboxylic acids is 1. The molecule has 2 heterocycles. The third-order valence-electron chi connectivity index (χ3n) is 4.93. The minimum Gasteiger partial charge on any atom is -0.505 e. The summed E-state index contributed by atoms with van der Waals surface area (Å²) in [5.41, 5.74) is 3.02. The van der Waals surface area contributed by atoms with Crippen molar-refractivity contribution < 1.29 is 19.4 Å². The van der Waals surface area contributed by atoms with Gasteiger partial charge in [0.25, 0.3) is 0 Å². The molecule has 2 N–H and O–H groups in total. The zero-order chi connectivity index (χ0) is 21.6. The van der Waals surface area contributed by atoms with E-state index in [9.17, 15) is 19.4 Å². The summed E-state index contributed by atoms with van der Waals surface area (Å²) >= 11 is 0. The van der Waals surface area contributed by atoms with Crippen LogP contribution in [0, 0.1) is 18.7 Å². The van der Waals surface area contributed by atoms with Gasteiger partial charge in [-0.25, -0.2) is 14.2 Å². The average Bonchev–Trinajstić information content (AvgIpc) is 3.23. The van der Waals surface area contributed by atoms with Crippen LogP contribution in [0.15, 0.2) is 53.0 Å². The fourth-order valence-electron chi connectivity index (χ4n) is 3.54. The van der Waals surface area contributed by atoms with Gasteiger partial charge in [0.05, 0.1) is 11.3 Å². The van der Waals surface area contributed by atoms with Gasteiger partial charge >= 0.3 is 5.97 Å². The van der Waals surface area contributed by atoms with Crippen LogP contribution in [0.25, 0.3) is 5.57 Å². The van der Waals surface area contributed by atoms with Crippen LogP contribution in [0.4, 0.5) is 10.1 Å². The number of benzene rings is 2. The van der Waals surface area contributed by atoms with Crippen molar-refractivity contribution in [3.8, 4) is 5.75 Å². The molecule has 2 aromatic carbocycles. The van der Waals surface area contributed by atoms with Crippen molar-refractivity contribution in [2.75, 3.05) is 0 Å². The van der Waals surface area contributed by atoms with E-state index in [1.807, 2.05) is 13.8 Å². The van der Waals surface area contributed by atoms with Gasteiger partial charge in [0.15, 0.2) is 17.4 Å². The molecular weight excluding hydrogens is 387 g/mol. The lowest BCUT2D eigenvalue weighted by molar-refractivity contribution is 0.0697. The fraction of sp³-hybridized carbons (Fsp3) is 0.182. The van der Waals surface area contributed by atoms with Crippen LogP contribution in [-0.4, -0.2) is 36.8 Å². The highest BCUT2D eigenvalue weighted by atomic mass is 19.1. The SMILES string of the molecule is Cc1nnc2n1C(=Nc1ccc(O)c(F)c1)C(C(C)C)=C2c1ccc(C(=O)O)cc1. The van der Waals surface area contributed by atoms with Crippen LogP contribution in [-0.2, 0) is 0 Å². The second kappa shape index (κ2) is 7.22. The smallest absolute Gasteiger partial charge is 0.335 e. The first-order valence-corrected chi connectivity index (χ1v) is 9.36. The lowest BCUT2D eigenvalue weighted by Crippen LogP contribution is -2.15. The maximum absolute atomic E-state index is 13.9. The minimum atomic E-state index is -0.998. The molecule has 7 nitrogen and oxygen atoms in total. The van der Waals surface area contributed by atoms with E-state index in [0.717, 1.165) is 16.7 Å². The number of hydrogen-bond donors (Lipinski definition) is 2. The lowest BCUT2D eigenvalue weighted by Gasteiger charge is -2.13. The summed E-state index contributed by atoms with van der Waals surface area (Å²) in [4.78, 5) is 15.9. The van der Waals surface area contributed by atoms with Crippen molar-refractivity contribution in [1.82, 2.24) is 14.8 Å². The van der Waals surface area contributed by atoms with E-state index in [-0.39, 0.29) is 11.5 Å². The largest absolute Gasteiger partial charge is 0.505 e. The molecule has 1 aliphatic rings. The van der Waals surface area contributed by atoms with Gasteiger partial charge in [-0.1, -0.05) is 26.0 Å². The molecule has 0 saturated heterocycles. The molecule has 0 unspecified atom stereocenters. The van der Waals surface area contributed by atoms with E-state index in [1.165, 1.54) is 18.2 Å². The average molecular weight is 406 g/mol. The van der Waals surface area contributed by atoms with Crippen LogP contribution >= 0.6 is 0 Å². The van der Waals surface area contributed by atoms with E-state index < -0.39 is 17.5 Å². The van der Waals surface area contributed by atoms with E-state index >= 15 is 0 Å². The second-order valence-electron chi connectivity index (χ2n) is 7.30. The molecule has 0 saturated carbocycles. The fourth-order valence-corrected chi connectivity index (χ4v) is 3.54. The molecule has 3 aromatic rings. The number of carboxylic acid groups (broad SMARTS) is 1. The minimum absolute atomic E-state index is 0.0426. The molecule has 1 aliphatic heterocycles. The molecule has 0 amide bonds. The Morgan fingerprint density at radius 1 is 1.13 bits per heavy atom. The molecule has 4 rings (SSSR count). The number of hydrogen-bond acceptors (Lipinski definition) is 5. The quantitative estimate of drug-likeness (QED) is 0.677. The van der Waals surface area contributed by atoms with Gasteiger partial charge in [-0.05, 0) is 42.7 Å². The lowest BCUT2D eigenvalue weighted by atomic mass is 9.93. The molecular formula is C22H19FN4O3. The van der Waals surface area contributed by atoms with E-state index in [1.54, 1.807) is 35.8 Å². The molecule has 0 radical (unpaired) electrons. The summed E-state index contributed by atoms with van der Waals surface area (Å²) in [6, 6.07) is 10.5. The summed E-state index contributed by atoms with van der Waals surface area (Å²) in [6.07, 6.45) is 0. The molecule has 152 valence electrons. The number of nitrogens with zero attached hydrogens (tertiary/aromatic N) is 4. The third kappa shape index (κ3) is 3.16. The van der Waals surface area contributed by atoms with Gasteiger partial charge in [0.2, 0.25) is 0 Å². The Morgan fingerprint density at radius 2 is 1.83 bits per heavy atom. The number of fused-ring (bicyclic) bond motifs is 1. The number of aromatic hydroxyl groups is 1. The number of carbonyl (C=O) groups is 1. The maximum atomic E-state index is 13.9. The molecule has 0 fully saturated rings. The predicted molar refractivity (Wildman–Crippen MR) is 110 cm³/mol. The van der Waals surface area contributed by atoms with E-state index in [2.05, 4.69) is 15.2 Å². The normalized spacial score (nSPS) is 14.6. The summed E-state index contributed by atoms with van der Waals surface area (Å²) in [6.45, 7) is 5.84. The highest BCUT2D eigenvalue weighted by Crippen LogP contribution is 2.38. The Morgan fingerprint density at radius 3 is 2.43 bits per heavy atom. The molecule has 0 aliphatic carbocycles. The zero-order valence-corrected chi connectivity index (χ0v) is 16.6. The van der Waals surface area contributed by atoms with Crippen molar-refractivity contribution in [3.63, 3.8) is 0 Å². The topological polar surface area (TPSA) is 101 Å². The molecule has 8 heteroatoms. The van der Waals surface area contributed by atoms with Crippen molar-refractivity contribution in [2.45, 2.75) is 20.8 Å². The van der Waals surface area contributed by atoms with Gasteiger partial charge in [-0.15, -0.1) is 10.2 Å². The first-order valence-electron chi connectivity index (χ1n) is 9.36. The van der Waals surface area contributed by atoms with Crippen molar-refractivity contribution in [2.24, 2.45) is 10.9 Å². The Kier molecular flexibility index (Phi) is 4.69. The first kappa shape index (κ1) is 19.5. The second-order valence-corrected chi connectivity index (χ2v) is 7.30. The van der Waals surface area contributed by atoms with Crippen LogP contribution in [0.3, 0.4) is 0 Å². The molecule has 1 aromatic heterocycles. The number of aromatic nitrogens is 3. The van der Waals surface area contributed by atoms with Gasteiger partial charge in [-0.2, -0.15) is 0 Å². The Hall–Kier alpha value is -3.81. The van der Waals surface area contributed by atoms with Gasteiger partial charge in [-0.3, -0.25) is 4.57 Å². The number of aliphatic imine (C=N–C) groups is 1. The van der Waals surface area contributed by atoms with Gasteiger partial charge in [0.1, 0.15) is 11.7 Å². The Labute approximate surface area is 171 Å². The number of allylic oxidation sites excluding steroid dienone is 1. The highest BCUT2D eigenvalue weighted by molar-refractivity contribution is 6.15. The van der Waals surface area contributed by atoms with Crippen LogP contribution in [0.5, 0.6) is 5.75 Å². The van der Waals surface area contributed by atoms with Crippen LogP contribution in [0.1, 0.15) is 41.4 Å². The number of rotatable bonds is 4. The highest BCUT2D eigenvalue weighted by Gasteiger charge is 2.33. The number of phenols is 1. The van der Waals surface area contributed by atoms with E-state index in [0.29, 0.717) is 23.2 Å². The number of aromatic carboxylic acids is 1. The molecule has 30 heavy (non-hydrogen) atoms. The van der Waals surface area contributed by atoms with Gasteiger partial charge in [0, 0.05) is 17.2 Å².